The van der Waals surface area contributed by atoms with Gasteiger partial charge in [-0.1, -0.05) is 19.1 Å². The first-order chi connectivity index (χ1) is 10.2. The number of nitrogens with zero attached hydrogens (tertiary/aromatic N) is 4. The van der Waals surface area contributed by atoms with E-state index in [4.69, 9.17) is 15.2 Å². The van der Waals surface area contributed by atoms with Gasteiger partial charge < -0.3 is 19.8 Å². The zero-order valence-corrected chi connectivity index (χ0v) is 12.2. The molecule has 2 atom stereocenters. The predicted octanol–water partition coefficient (Wildman–Crippen LogP) is 1.57. The minimum Gasteiger partial charge on any atom is -0.474 e. The monoisotopic (exact) mass is 289 g/mol. The Bertz CT molecular complexity index is 667. The van der Waals surface area contributed by atoms with E-state index in [1.54, 1.807) is 13.4 Å². The Balaban J connectivity index is 1.95. The van der Waals surface area contributed by atoms with E-state index in [2.05, 4.69) is 34.0 Å². The van der Waals surface area contributed by atoms with Crippen molar-refractivity contribution in [2.24, 2.45) is 5.92 Å². The van der Waals surface area contributed by atoms with E-state index >= 15 is 0 Å². The van der Waals surface area contributed by atoms with E-state index in [0.717, 1.165) is 6.42 Å². The van der Waals surface area contributed by atoms with Crippen molar-refractivity contribution in [3.63, 3.8) is 0 Å². The molecule has 0 fully saturated rings. The van der Waals surface area contributed by atoms with Crippen LogP contribution in [0.25, 0.3) is 11.2 Å². The number of anilines is 1. The lowest BCUT2D eigenvalue weighted by molar-refractivity contribution is 0.144. The molecule has 7 nitrogen and oxygen atoms in total. The van der Waals surface area contributed by atoms with Crippen LogP contribution in [-0.4, -0.2) is 39.8 Å². The predicted molar refractivity (Wildman–Crippen MR) is 79.1 cm³/mol. The van der Waals surface area contributed by atoms with Gasteiger partial charge in [0.1, 0.15) is 6.61 Å². The number of methoxy groups -OCH3 is 1. The number of ether oxygens (including phenoxy) is 2. The van der Waals surface area contributed by atoms with Gasteiger partial charge >= 0.3 is 0 Å². The van der Waals surface area contributed by atoms with Crippen molar-refractivity contribution < 1.29 is 9.47 Å². The fourth-order valence-electron chi connectivity index (χ4n) is 2.53. The summed E-state index contributed by atoms with van der Waals surface area (Å²) in [5.41, 5.74) is 7.13. The average molecular weight is 289 g/mol. The van der Waals surface area contributed by atoms with Gasteiger partial charge in [0, 0.05) is 7.11 Å². The quantitative estimate of drug-likeness (QED) is 0.664. The minimum absolute atomic E-state index is 0.187. The highest BCUT2D eigenvalue weighted by molar-refractivity contribution is 5.77. The highest BCUT2D eigenvalue weighted by atomic mass is 16.5. The summed E-state index contributed by atoms with van der Waals surface area (Å²) >= 11 is 0. The first kappa shape index (κ1) is 13.8. The Labute approximate surface area is 122 Å². The number of rotatable bonds is 5. The van der Waals surface area contributed by atoms with Crippen LogP contribution in [0.1, 0.15) is 19.4 Å². The summed E-state index contributed by atoms with van der Waals surface area (Å²) in [6.45, 7) is 3.07. The van der Waals surface area contributed by atoms with Gasteiger partial charge in [-0.2, -0.15) is 9.97 Å². The average Bonchev–Trinajstić information content (AvgIpc) is 3.05. The second kappa shape index (κ2) is 5.69. The first-order valence-corrected chi connectivity index (χ1v) is 6.99. The van der Waals surface area contributed by atoms with Crippen molar-refractivity contribution in [1.29, 1.82) is 0 Å². The molecule has 3 rings (SSSR count). The maximum atomic E-state index is 5.79. The Kier molecular flexibility index (Phi) is 3.74. The van der Waals surface area contributed by atoms with E-state index in [9.17, 15) is 0 Å². The molecule has 2 N–H and O–H groups in total. The lowest BCUT2D eigenvalue weighted by atomic mass is 10.1. The first-order valence-electron chi connectivity index (χ1n) is 6.99. The number of aromatic nitrogens is 4. The van der Waals surface area contributed by atoms with Gasteiger partial charge in [-0.25, -0.2) is 4.98 Å². The smallest absolute Gasteiger partial charge is 0.247 e. The van der Waals surface area contributed by atoms with Crippen molar-refractivity contribution in [2.75, 3.05) is 26.1 Å². The Morgan fingerprint density at radius 3 is 2.90 bits per heavy atom. The van der Waals surface area contributed by atoms with Crippen molar-refractivity contribution in [2.45, 2.75) is 19.4 Å². The van der Waals surface area contributed by atoms with Crippen LogP contribution >= 0.6 is 0 Å². The van der Waals surface area contributed by atoms with E-state index in [-0.39, 0.29) is 12.0 Å². The Hall–Kier alpha value is -2.15. The standard InChI is InChI=1S/C14H19N5O2/c1-9-3-4-10(7-9)19-8-16-11-12(19)17-14(15)18-13(11)21-6-5-20-2/h3-4,8-10H,5-7H2,1-2H3,(H2,15,17,18)/t9-,10+/m1/s1. The number of fused-ring (bicyclic) bond motifs is 1. The van der Waals surface area contributed by atoms with Gasteiger partial charge in [0.25, 0.3) is 0 Å². The third-order valence-electron chi connectivity index (χ3n) is 3.57. The molecular formula is C14H19N5O2. The van der Waals surface area contributed by atoms with E-state index < -0.39 is 0 Å². The normalized spacial score (nSPS) is 21.2. The van der Waals surface area contributed by atoms with E-state index in [1.165, 1.54) is 0 Å². The molecule has 2 heterocycles. The van der Waals surface area contributed by atoms with Crippen LogP contribution in [0.15, 0.2) is 18.5 Å². The molecule has 0 aromatic carbocycles. The maximum absolute atomic E-state index is 5.79. The molecule has 0 aliphatic heterocycles. The Morgan fingerprint density at radius 2 is 2.19 bits per heavy atom. The number of hydrogen-bond donors (Lipinski definition) is 1. The molecule has 7 heteroatoms. The molecule has 0 radical (unpaired) electrons. The summed E-state index contributed by atoms with van der Waals surface area (Å²) in [6.07, 6.45) is 7.19. The van der Waals surface area contributed by atoms with Crippen molar-refractivity contribution >= 4 is 17.1 Å². The fraction of sp³-hybridized carbons (Fsp3) is 0.500. The third-order valence-corrected chi connectivity index (χ3v) is 3.57. The second-order valence-corrected chi connectivity index (χ2v) is 5.22. The van der Waals surface area contributed by atoms with Crippen LogP contribution in [0.5, 0.6) is 5.88 Å². The van der Waals surface area contributed by atoms with Crippen LogP contribution in [0.2, 0.25) is 0 Å². The summed E-state index contributed by atoms with van der Waals surface area (Å²) in [4.78, 5) is 12.8. The highest BCUT2D eigenvalue weighted by Crippen LogP contribution is 2.31. The van der Waals surface area contributed by atoms with E-state index in [0.29, 0.717) is 36.2 Å². The van der Waals surface area contributed by atoms with Gasteiger partial charge in [0.05, 0.1) is 19.0 Å². The summed E-state index contributed by atoms with van der Waals surface area (Å²) < 4.78 is 12.6. The van der Waals surface area contributed by atoms with Crippen LogP contribution in [-0.2, 0) is 4.74 Å². The molecule has 112 valence electrons. The molecule has 1 aliphatic rings. The van der Waals surface area contributed by atoms with Gasteiger partial charge in [-0.05, 0) is 12.3 Å². The molecule has 1 aliphatic carbocycles. The van der Waals surface area contributed by atoms with Gasteiger partial charge in [0.15, 0.2) is 11.2 Å². The lowest BCUT2D eigenvalue weighted by Crippen LogP contribution is -2.09. The topological polar surface area (TPSA) is 88.1 Å². The van der Waals surface area contributed by atoms with Crippen molar-refractivity contribution in [3.05, 3.63) is 18.5 Å². The summed E-state index contributed by atoms with van der Waals surface area (Å²) in [6, 6.07) is 0.256. The molecule has 0 bridgehead atoms. The zero-order valence-electron chi connectivity index (χ0n) is 12.2. The van der Waals surface area contributed by atoms with Crippen molar-refractivity contribution in [3.8, 4) is 5.88 Å². The SMILES string of the molecule is COCCOc1nc(N)nc2c1ncn2[C@H]1C=C[C@@H](C)C1. The lowest BCUT2D eigenvalue weighted by Gasteiger charge is -2.12. The van der Waals surface area contributed by atoms with Crippen LogP contribution in [0.4, 0.5) is 5.95 Å². The third kappa shape index (κ3) is 2.69. The number of imidazole rings is 1. The Morgan fingerprint density at radius 1 is 1.33 bits per heavy atom. The molecule has 0 spiro atoms. The molecule has 2 aromatic heterocycles. The number of nitrogens with two attached hydrogens (primary N) is 1. The molecule has 2 aromatic rings. The fourth-order valence-corrected chi connectivity index (χ4v) is 2.53. The summed E-state index contributed by atoms with van der Waals surface area (Å²) in [5, 5.41) is 0. The molecular weight excluding hydrogens is 270 g/mol. The number of hydrogen-bond acceptors (Lipinski definition) is 6. The highest BCUT2D eigenvalue weighted by Gasteiger charge is 2.21. The largest absolute Gasteiger partial charge is 0.474 e. The van der Waals surface area contributed by atoms with Crippen LogP contribution in [0, 0.1) is 5.92 Å². The minimum atomic E-state index is 0.187. The molecule has 0 amide bonds. The molecule has 0 unspecified atom stereocenters. The summed E-state index contributed by atoms with van der Waals surface area (Å²) in [5.74, 6) is 1.15. The molecule has 21 heavy (non-hydrogen) atoms. The maximum Gasteiger partial charge on any atom is 0.247 e. The van der Waals surface area contributed by atoms with Crippen LogP contribution < -0.4 is 10.5 Å². The molecule has 0 saturated carbocycles. The zero-order chi connectivity index (χ0) is 14.8. The number of allylic oxidation sites excluding steroid dienone is 2. The van der Waals surface area contributed by atoms with Gasteiger partial charge in [0.2, 0.25) is 11.8 Å². The molecule has 0 saturated heterocycles. The van der Waals surface area contributed by atoms with Crippen molar-refractivity contribution in [1.82, 2.24) is 19.5 Å². The second-order valence-electron chi connectivity index (χ2n) is 5.22. The van der Waals surface area contributed by atoms with Gasteiger partial charge in [-0.15, -0.1) is 0 Å². The van der Waals surface area contributed by atoms with Gasteiger partial charge in [-0.3, -0.25) is 0 Å². The summed E-state index contributed by atoms with van der Waals surface area (Å²) in [7, 11) is 1.62. The number of nitrogen functional groups attached to an aromatic ring is 1. The van der Waals surface area contributed by atoms with E-state index in [1.807, 2.05) is 4.57 Å². The van der Waals surface area contributed by atoms with Crippen LogP contribution in [0.3, 0.4) is 0 Å².